The molecule has 0 unspecified atom stereocenters. The normalized spacial score (nSPS) is 11.8. The number of nitrogens with one attached hydrogen (secondary N) is 1. The van der Waals surface area contributed by atoms with Gasteiger partial charge in [-0.1, -0.05) is 39.0 Å². The molecule has 0 fully saturated rings. The largest absolute Gasteiger partial charge is 0.491 e. The molecule has 0 saturated carbocycles. The number of nitriles is 1. The van der Waals surface area contributed by atoms with Crippen LogP contribution in [0.25, 0.3) is 5.69 Å². The van der Waals surface area contributed by atoms with E-state index in [4.69, 9.17) is 12.2 Å². The van der Waals surface area contributed by atoms with E-state index in [1.54, 1.807) is 11.6 Å². The van der Waals surface area contributed by atoms with Crippen LogP contribution in [0.4, 0.5) is 11.6 Å². The molecule has 27 heavy (non-hydrogen) atoms. The van der Waals surface area contributed by atoms with Crippen molar-refractivity contribution in [3.63, 3.8) is 0 Å². The minimum absolute atomic E-state index is 0.133. The highest BCUT2D eigenvalue weighted by molar-refractivity contribution is 7.71. The second-order valence-corrected chi connectivity index (χ2v) is 7.38. The lowest BCUT2D eigenvalue weighted by Gasteiger charge is -2.14. The molecule has 0 radical (unpaired) electrons. The first-order valence-corrected chi connectivity index (χ1v) is 8.63. The maximum absolute atomic E-state index is 10.6. The Labute approximate surface area is 161 Å². The summed E-state index contributed by atoms with van der Waals surface area (Å²) < 4.78 is 3.42. The molecule has 9 heteroatoms. The molecule has 2 aromatic heterocycles. The molecule has 138 valence electrons. The Balaban J connectivity index is 2.07. The molecule has 0 saturated heterocycles. The van der Waals surface area contributed by atoms with Gasteiger partial charge < -0.3 is 5.11 Å². The highest BCUT2D eigenvalue weighted by atomic mass is 32.1. The molecular formula is C18H19N7OS. The van der Waals surface area contributed by atoms with Crippen LogP contribution in [0.3, 0.4) is 0 Å². The first-order valence-electron chi connectivity index (χ1n) is 8.22. The minimum Gasteiger partial charge on any atom is -0.491 e. The van der Waals surface area contributed by atoms with Gasteiger partial charge in [-0.15, -0.1) is 10.2 Å². The third-order valence-electron chi connectivity index (χ3n) is 4.04. The molecule has 0 aliphatic rings. The first-order chi connectivity index (χ1) is 12.8. The number of rotatable bonds is 3. The zero-order valence-corrected chi connectivity index (χ0v) is 16.2. The van der Waals surface area contributed by atoms with E-state index in [9.17, 15) is 10.4 Å². The van der Waals surface area contributed by atoms with Gasteiger partial charge in [0.05, 0.1) is 11.4 Å². The molecule has 0 amide bonds. The molecule has 0 aliphatic carbocycles. The number of aromatic hydroxyl groups is 1. The Morgan fingerprint density at radius 3 is 2.48 bits per heavy atom. The smallest absolute Gasteiger partial charge is 0.244 e. The number of hydrogen-bond acceptors (Lipinski definition) is 6. The SMILES string of the molecule is Cn1c(/N=N/c2[nH]nc(C(C)(C)C)c2C#N)c(O)n(-c2ccccc2)c1=S. The van der Waals surface area contributed by atoms with Crippen molar-refractivity contribution in [1.82, 2.24) is 19.3 Å². The van der Waals surface area contributed by atoms with Gasteiger partial charge in [0.15, 0.2) is 10.6 Å². The molecule has 3 aromatic rings. The third kappa shape index (κ3) is 3.27. The topological polar surface area (TPSA) is 107 Å². The zero-order valence-electron chi connectivity index (χ0n) is 15.4. The van der Waals surface area contributed by atoms with Gasteiger partial charge in [-0.05, 0) is 24.4 Å². The number of H-pyrrole nitrogens is 1. The third-order valence-corrected chi connectivity index (χ3v) is 4.49. The molecule has 0 bridgehead atoms. The van der Waals surface area contributed by atoms with Crippen molar-refractivity contribution < 1.29 is 5.11 Å². The van der Waals surface area contributed by atoms with Crippen LogP contribution in [0, 0.1) is 16.1 Å². The number of para-hydroxylation sites is 1. The molecule has 2 N–H and O–H groups in total. The Morgan fingerprint density at radius 2 is 1.89 bits per heavy atom. The maximum Gasteiger partial charge on any atom is 0.244 e. The molecule has 8 nitrogen and oxygen atoms in total. The van der Waals surface area contributed by atoms with Crippen LogP contribution < -0.4 is 0 Å². The van der Waals surface area contributed by atoms with Gasteiger partial charge >= 0.3 is 0 Å². The van der Waals surface area contributed by atoms with Gasteiger partial charge in [-0.2, -0.15) is 10.4 Å². The quantitative estimate of drug-likeness (QED) is 0.512. The standard InChI is InChI=1S/C18H19N7OS/c1-18(2,3)13-12(10-19)14(21-20-13)22-23-15-16(26)25(17(27)24(15)4)11-8-6-5-7-9-11/h5-9,26H,1-4H3,(H,20,21)/b23-22+. The van der Waals surface area contributed by atoms with Gasteiger partial charge in [0, 0.05) is 12.5 Å². The van der Waals surface area contributed by atoms with Crippen LogP contribution in [-0.2, 0) is 12.5 Å². The summed E-state index contributed by atoms with van der Waals surface area (Å²) in [5, 5.41) is 35.2. The van der Waals surface area contributed by atoms with E-state index < -0.39 is 0 Å². The fourth-order valence-electron chi connectivity index (χ4n) is 2.65. The van der Waals surface area contributed by atoms with Gasteiger partial charge in [0.1, 0.15) is 11.6 Å². The zero-order chi connectivity index (χ0) is 19.8. The first kappa shape index (κ1) is 18.5. The molecule has 0 aliphatic heterocycles. The number of aromatic nitrogens is 4. The van der Waals surface area contributed by atoms with E-state index in [-0.39, 0.29) is 22.9 Å². The van der Waals surface area contributed by atoms with Crippen molar-refractivity contribution >= 4 is 23.9 Å². The Morgan fingerprint density at radius 1 is 1.22 bits per heavy atom. The van der Waals surface area contributed by atoms with Crippen LogP contribution in [0.15, 0.2) is 40.6 Å². The lowest BCUT2D eigenvalue weighted by molar-refractivity contribution is 0.443. The monoisotopic (exact) mass is 381 g/mol. The van der Waals surface area contributed by atoms with E-state index in [2.05, 4.69) is 26.5 Å². The second-order valence-electron chi connectivity index (χ2n) is 7.02. The van der Waals surface area contributed by atoms with E-state index in [1.165, 1.54) is 4.57 Å². The highest BCUT2D eigenvalue weighted by Gasteiger charge is 2.24. The molecule has 0 spiro atoms. The number of azo groups is 1. The summed E-state index contributed by atoms with van der Waals surface area (Å²) in [7, 11) is 1.69. The van der Waals surface area contributed by atoms with Gasteiger partial charge in [-0.25, -0.2) is 0 Å². The number of nitrogens with zero attached hydrogens (tertiary/aromatic N) is 6. The van der Waals surface area contributed by atoms with Crippen LogP contribution in [-0.4, -0.2) is 24.4 Å². The lowest BCUT2D eigenvalue weighted by Crippen LogP contribution is -2.13. The average molecular weight is 381 g/mol. The number of aromatic amines is 1. The van der Waals surface area contributed by atoms with Crippen molar-refractivity contribution in [3.8, 4) is 17.6 Å². The molecule has 3 rings (SSSR count). The summed E-state index contributed by atoms with van der Waals surface area (Å²) in [4.78, 5) is 0. The van der Waals surface area contributed by atoms with Crippen LogP contribution in [0.2, 0.25) is 0 Å². The van der Waals surface area contributed by atoms with Gasteiger partial charge in [0.2, 0.25) is 11.7 Å². The fourth-order valence-corrected chi connectivity index (χ4v) is 2.93. The number of hydrogen-bond donors (Lipinski definition) is 2. The predicted molar refractivity (Wildman–Crippen MR) is 103 cm³/mol. The van der Waals surface area contributed by atoms with Crippen molar-refractivity contribution in [2.45, 2.75) is 26.2 Å². The van der Waals surface area contributed by atoms with Gasteiger partial charge in [0.25, 0.3) is 0 Å². The Hall–Kier alpha value is -3.25. The minimum atomic E-state index is -0.313. The average Bonchev–Trinajstić information content (AvgIpc) is 3.14. The summed E-state index contributed by atoms with van der Waals surface area (Å²) in [6, 6.07) is 11.3. The summed E-state index contributed by atoms with van der Waals surface area (Å²) in [6.45, 7) is 5.88. The summed E-state index contributed by atoms with van der Waals surface area (Å²) >= 11 is 5.41. The second kappa shape index (κ2) is 6.81. The van der Waals surface area contributed by atoms with Crippen molar-refractivity contribution in [2.24, 2.45) is 17.3 Å². The summed E-state index contributed by atoms with van der Waals surface area (Å²) in [6.07, 6.45) is 0. The maximum atomic E-state index is 10.6. The van der Waals surface area contributed by atoms with E-state index in [0.717, 1.165) is 0 Å². The van der Waals surface area contributed by atoms with E-state index in [1.807, 2.05) is 51.1 Å². The number of imidazole rings is 1. The van der Waals surface area contributed by atoms with Crippen LogP contribution >= 0.6 is 12.2 Å². The van der Waals surface area contributed by atoms with Crippen molar-refractivity contribution in [3.05, 3.63) is 46.4 Å². The molecular weight excluding hydrogens is 362 g/mol. The molecule has 0 atom stereocenters. The lowest BCUT2D eigenvalue weighted by atomic mass is 9.90. The molecule has 2 heterocycles. The van der Waals surface area contributed by atoms with E-state index in [0.29, 0.717) is 21.7 Å². The molecule has 1 aromatic carbocycles. The fraction of sp³-hybridized carbons (Fsp3) is 0.278. The van der Waals surface area contributed by atoms with Gasteiger partial charge in [-0.3, -0.25) is 14.2 Å². The Bertz CT molecular complexity index is 1110. The highest BCUT2D eigenvalue weighted by Crippen LogP contribution is 2.34. The van der Waals surface area contributed by atoms with Crippen molar-refractivity contribution in [2.75, 3.05) is 0 Å². The Kier molecular flexibility index (Phi) is 4.68. The van der Waals surface area contributed by atoms with Crippen LogP contribution in [0.1, 0.15) is 32.0 Å². The number of benzene rings is 1. The predicted octanol–water partition coefficient (Wildman–Crippen LogP) is 4.56. The van der Waals surface area contributed by atoms with E-state index >= 15 is 0 Å². The summed E-state index contributed by atoms with van der Waals surface area (Å²) in [5.74, 6) is 0.284. The van der Waals surface area contributed by atoms with Crippen molar-refractivity contribution in [1.29, 1.82) is 5.26 Å². The summed E-state index contributed by atoms with van der Waals surface area (Å²) in [5.41, 5.74) is 1.34. The van der Waals surface area contributed by atoms with Crippen LogP contribution in [0.5, 0.6) is 5.88 Å².